The number of halogens is 2. The summed E-state index contributed by atoms with van der Waals surface area (Å²) in [7, 11) is 0. The Morgan fingerprint density at radius 3 is 2.20 bits per heavy atom. The van der Waals surface area contributed by atoms with Gasteiger partial charge in [0.1, 0.15) is 29.8 Å². The van der Waals surface area contributed by atoms with Gasteiger partial charge in [-0.25, -0.2) is 4.39 Å². The van der Waals surface area contributed by atoms with Crippen LogP contribution in [0.3, 0.4) is 0 Å². The Bertz CT molecular complexity index is 2280. The molecule has 4 heterocycles. The SMILES string of the molecule is CC1(C)[C@H](NC(=O)c2ccc(N3CCN(C4CCN(c5ccc6c(c5)C(=O)N(C5CCC(=O)NC5=O)C6=O)CC4)CC3)c(F)c2)C(C)(C)[C@H]1Oc1ccc(C#N)c(Cl)c1. The van der Waals surface area contributed by atoms with Gasteiger partial charge in [-0.1, -0.05) is 39.3 Å². The number of anilines is 2. The lowest BCUT2D eigenvalue weighted by atomic mass is 9.49. The third-order valence-electron chi connectivity index (χ3n) is 13.1. The Hall–Kier alpha value is -5.52. The van der Waals surface area contributed by atoms with Crippen LogP contribution in [0.25, 0.3) is 0 Å². The lowest BCUT2D eigenvalue weighted by molar-refractivity contribution is -0.164. The van der Waals surface area contributed by atoms with E-state index in [1.165, 1.54) is 6.07 Å². The predicted molar refractivity (Wildman–Crippen MR) is 218 cm³/mol. The second kappa shape index (κ2) is 15.3. The van der Waals surface area contributed by atoms with Crippen LogP contribution < -0.4 is 25.2 Å². The van der Waals surface area contributed by atoms with Crippen molar-refractivity contribution in [2.75, 3.05) is 49.1 Å². The monoisotopic (exact) mass is 823 g/mol. The number of amides is 5. The standard InChI is InChI=1S/C44H47ClFN7O6/c1-43(2)41(44(3,4)42(43)59-29-8-5-26(24-47)32(45)23-29)49-37(55)25-6-10-34(33(46)21-25)52-19-17-51(18-20-52)27-13-15-50(16-14-27)28-7-9-30-31(22-28)40(58)53(39(30)57)35-11-12-36(54)48-38(35)56/h5-10,21-23,27,35,41-42H,11-20H2,1-4H3,(H,49,55)(H,48,54,56)/t35?,41-,42-. The number of carbonyl (C=O) groups is 5. The number of ether oxygens (including phenoxy) is 1. The third-order valence-corrected chi connectivity index (χ3v) is 13.4. The minimum atomic E-state index is -1.000. The number of hydrogen-bond acceptors (Lipinski definition) is 10. The highest BCUT2D eigenvalue weighted by molar-refractivity contribution is 6.31. The summed E-state index contributed by atoms with van der Waals surface area (Å²) in [6.07, 6.45) is 1.72. The maximum Gasteiger partial charge on any atom is 0.262 e. The van der Waals surface area contributed by atoms with E-state index in [9.17, 15) is 29.2 Å². The Morgan fingerprint density at radius 1 is 0.864 bits per heavy atom. The molecule has 0 radical (unpaired) electrons. The van der Waals surface area contributed by atoms with Crippen LogP contribution in [0.1, 0.15) is 90.0 Å². The topological polar surface area (TPSA) is 155 Å². The van der Waals surface area contributed by atoms with Crippen LogP contribution in [0.15, 0.2) is 54.6 Å². The number of piperidine rings is 2. The number of rotatable bonds is 8. The molecule has 1 aliphatic carbocycles. The van der Waals surface area contributed by atoms with E-state index in [0.717, 1.165) is 49.6 Å². The fourth-order valence-electron chi connectivity index (χ4n) is 10.2. The lowest BCUT2D eigenvalue weighted by Crippen LogP contribution is -2.74. The molecule has 13 nitrogen and oxygen atoms in total. The summed E-state index contributed by atoms with van der Waals surface area (Å²) >= 11 is 6.23. The fraction of sp³-hybridized carbons (Fsp3) is 0.455. The highest BCUT2D eigenvalue weighted by atomic mass is 35.5. The Labute approximate surface area is 347 Å². The molecular weight excluding hydrogens is 777 g/mol. The van der Waals surface area contributed by atoms with E-state index in [2.05, 4.69) is 20.4 Å². The molecule has 308 valence electrons. The molecule has 5 amide bonds. The Balaban J connectivity index is 0.827. The van der Waals surface area contributed by atoms with Crippen LogP contribution in [-0.4, -0.2) is 103 Å². The summed E-state index contributed by atoms with van der Waals surface area (Å²) in [6, 6.07) is 16.0. The van der Waals surface area contributed by atoms with Crippen molar-refractivity contribution < 1.29 is 33.1 Å². The number of piperazine rings is 1. The van der Waals surface area contributed by atoms with Gasteiger partial charge in [0.05, 0.1) is 27.4 Å². The van der Waals surface area contributed by atoms with E-state index < -0.39 is 46.3 Å². The number of nitriles is 1. The van der Waals surface area contributed by atoms with Gasteiger partial charge >= 0.3 is 0 Å². The van der Waals surface area contributed by atoms with Gasteiger partial charge in [-0.15, -0.1) is 0 Å². The number of benzene rings is 3. The maximum atomic E-state index is 15.7. The molecule has 4 aliphatic heterocycles. The lowest BCUT2D eigenvalue weighted by Gasteiger charge is -2.63. The summed E-state index contributed by atoms with van der Waals surface area (Å²) in [4.78, 5) is 71.7. The first-order chi connectivity index (χ1) is 28.1. The number of nitrogens with one attached hydrogen (secondary N) is 2. The minimum Gasteiger partial charge on any atom is -0.489 e. The second-order valence-electron chi connectivity index (χ2n) is 17.4. The average Bonchev–Trinajstić information content (AvgIpc) is 3.46. The van der Waals surface area contributed by atoms with Crippen molar-refractivity contribution in [3.63, 3.8) is 0 Å². The van der Waals surface area contributed by atoms with Crippen LogP contribution in [0.2, 0.25) is 5.02 Å². The Morgan fingerprint density at radius 2 is 1.56 bits per heavy atom. The largest absolute Gasteiger partial charge is 0.489 e. The number of nitrogens with zero attached hydrogens (tertiary/aromatic N) is 5. The van der Waals surface area contributed by atoms with E-state index in [-0.39, 0.29) is 47.6 Å². The van der Waals surface area contributed by atoms with Crippen molar-refractivity contribution in [1.82, 2.24) is 20.4 Å². The predicted octanol–water partition coefficient (Wildman–Crippen LogP) is 5.15. The zero-order chi connectivity index (χ0) is 42.0. The van der Waals surface area contributed by atoms with Gasteiger partial charge < -0.3 is 19.9 Å². The summed E-state index contributed by atoms with van der Waals surface area (Å²) in [5.41, 5.74) is 1.55. The minimum absolute atomic E-state index is 0.0709. The first-order valence-corrected chi connectivity index (χ1v) is 20.5. The van der Waals surface area contributed by atoms with Crippen molar-refractivity contribution in [2.24, 2.45) is 10.8 Å². The highest BCUT2D eigenvalue weighted by Gasteiger charge is 2.64. The average molecular weight is 824 g/mol. The number of hydrogen-bond donors (Lipinski definition) is 2. The normalized spacial score (nSPS) is 24.3. The van der Waals surface area contributed by atoms with Crippen LogP contribution in [0, 0.1) is 28.0 Å². The van der Waals surface area contributed by atoms with E-state index in [4.69, 9.17) is 16.3 Å². The van der Waals surface area contributed by atoms with Crippen LogP contribution in [-0.2, 0) is 9.59 Å². The van der Waals surface area contributed by atoms with Gasteiger partial charge in [0.15, 0.2) is 0 Å². The number of imide groups is 2. The van der Waals surface area contributed by atoms with E-state index in [1.54, 1.807) is 42.5 Å². The molecule has 3 aromatic rings. The first-order valence-electron chi connectivity index (χ1n) is 20.1. The van der Waals surface area contributed by atoms with Gasteiger partial charge in [0.2, 0.25) is 11.8 Å². The Kier molecular flexibility index (Phi) is 10.4. The first kappa shape index (κ1) is 40.3. The number of carbonyl (C=O) groups excluding carboxylic acids is 5. The molecule has 3 saturated heterocycles. The molecule has 1 saturated carbocycles. The van der Waals surface area contributed by atoms with Crippen LogP contribution in [0.5, 0.6) is 5.75 Å². The molecule has 15 heteroatoms. The van der Waals surface area contributed by atoms with Crippen molar-refractivity contribution in [3.05, 3.63) is 87.7 Å². The fourth-order valence-corrected chi connectivity index (χ4v) is 10.4. The molecule has 0 bridgehead atoms. The molecule has 8 rings (SSSR count). The highest BCUT2D eigenvalue weighted by Crippen LogP contribution is 2.55. The molecule has 1 atom stereocenters. The zero-order valence-electron chi connectivity index (χ0n) is 33.5. The van der Waals surface area contributed by atoms with Gasteiger partial charge in [-0.2, -0.15) is 5.26 Å². The van der Waals surface area contributed by atoms with Gasteiger partial charge in [-0.05, 0) is 67.8 Å². The molecule has 3 aromatic carbocycles. The quantitative estimate of drug-likeness (QED) is 0.292. The second-order valence-corrected chi connectivity index (χ2v) is 17.8. The summed E-state index contributed by atoms with van der Waals surface area (Å²) in [6.45, 7) is 12.4. The molecule has 2 N–H and O–H groups in total. The summed E-state index contributed by atoms with van der Waals surface area (Å²) < 4.78 is 22.0. The van der Waals surface area contributed by atoms with E-state index in [0.29, 0.717) is 41.2 Å². The van der Waals surface area contributed by atoms with Crippen molar-refractivity contribution >= 4 is 52.5 Å². The third kappa shape index (κ3) is 7.18. The van der Waals surface area contributed by atoms with Gasteiger partial charge in [-0.3, -0.25) is 39.1 Å². The van der Waals surface area contributed by atoms with Crippen molar-refractivity contribution in [2.45, 2.75) is 77.6 Å². The maximum absolute atomic E-state index is 15.7. The van der Waals surface area contributed by atoms with Gasteiger partial charge in [0, 0.05) is 85.9 Å². The molecule has 4 fully saturated rings. The molecule has 5 aliphatic rings. The molecule has 1 unspecified atom stereocenters. The number of fused-ring (bicyclic) bond motifs is 1. The van der Waals surface area contributed by atoms with Crippen molar-refractivity contribution in [1.29, 1.82) is 5.26 Å². The van der Waals surface area contributed by atoms with E-state index in [1.807, 2.05) is 44.7 Å². The molecular formula is C44H47ClFN7O6. The van der Waals surface area contributed by atoms with Gasteiger partial charge in [0.25, 0.3) is 17.7 Å². The van der Waals surface area contributed by atoms with E-state index >= 15 is 4.39 Å². The van der Waals surface area contributed by atoms with Crippen molar-refractivity contribution in [3.8, 4) is 11.8 Å². The van der Waals surface area contributed by atoms with Crippen LogP contribution in [0.4, 0.5) is 15.8 Å². The zero-order valence-corrected chi connectivity index (χ0v) is 34.3. The summed E-state index contributed by atoms with van der Waals surface area (Å²) in [5, 5.41) is 14.9. The molecule has 59 heavy (non-hydrogen) atoms. The molecule has 0 spiro atoms. The summed E-state index contributed by atoms with van der Waals surface area (Å²) in [5.74, 6) is -2.32. The smallest absolute Gasteiger partial charge is 0.262 e. The molecule has 0 aromatic heterocycles. The van der Waals surface area contributed by atoms with Crippen LogP contribution >= 0.6 is 11.6 Å².